The monoisotopic (exact) mass is 694 g/mol. The number of hydrogen-bond donors (Lipinski definition) is 0. The molecule has 0 N–H and O–H groups in total. The number of aromatic nitrogens is 1. The first-order chi connectivity index (χ1) is 26.4. The standard InChI is InChI=1S/C52H42N2/c1-5-6-20-48-36(2)45-32-31-44(35-49(45)52(48,3)4)53(41-17-11-8-12-18-41)42-27-24-39(25-28-42)40-26-33-51-47(34-40)46-19-13-14-21-50(46)54(51)43-29-22-38(23-30-43)37-15-9-7-10-16-37/h1,6-36,48H,2-4H3/b20-6-. The molecule has 54 heavy (non-hydrogen) atoms. The van der Waals surface area contributed by atoms with Gasteiger partial charge in [-0.1, -0.05) is 136 Å². The minimum atomic E-state index is -0.0439. The lowest BCUT2D eigenvalue weighted by molar-refractivity contribution is 0.381. The van der Waals surface area contributed by atoms with Crippen molar-refractivity contribution in [2.45, 2.75) is 32.1 Å². The average molecular weight is 695 g/mol. The first-order valence-corrected chi connectivity index (χ1v) is 18.8. The summed E-state index contributed by atoms with van der Waals surface area (Å²) in [6, 6.07) is 61.8. The lowest BCUT2D eigenvalue weighted by atomic mass is 9.76. The van der Waals surface area contributed by atoms with E-state index in [1.165, 1.54) is 55.2 Å². The number of para-hydroxylation sites is 2. The van der Waals surface area contributed by atoms with E-state index < -0.39 is 0 Å². The van der Waals surface area contributed by atoms with Gasteiger partial charge in [0, 0.05) is 33.5 Å². The van der Waals surface area contributed by atoms with Gasteiger partial charge >= 0.3 is 0 Å². The summed E-state index contributed by atoms with van der Waals surface area (Å²) in [4.78, 5) is 2.37. The summed E-state index contributed by atoms with van der Waals surface area (Å²) in [7, 11) is 0. The first kappa shape index (κ1) is 33.3. The van der Waals surface area contributed by atoms with Crippen LogP contribution < -0.4 is 4.90 Å². The molecule has 1 aliphatic carbocycles. The molecule has 0 saturated carbocycles. The molecular weight excluding hydrogens is 653 g/mol. The lowest BCUT2D eigenvalue weighted by Crippen LogP contribution is -2.23. The van der Waals surface area contributed by atoms with Crippen molar-refractivity contribution in [3.8, 4) is 40.3 Å². The van der Waals surface area contributed by atoms with Gasteiger partial charge in [-0.05, 0) is 123 Å². The Morgan fingerprint density at radius 1 is 0.574 bits per heavy atom. The Morgan fingerprint density at radius 3 is 1.89 bits per heavy atom. The number of rotatable bonds is 7. The second kappa shape index (κ2) is 13.4. The molecule has 7 aromatic carbocycles. The highest BCUT2D eigenvalue weighted by Crippen LogP contribution is 2.52. The molecule has 0 spiro atoms. The van der Waals surface area contributed by atoms with Crippen LogP contribution in [0.15, 0.2) is 182 Å². The first-order valence-electron chi connectivity index (χ1n) is 18.8. The van der Waals surface area contributed by atoms with E-state index in [0.29, 0.717) is 11.8 Å². The van der Waals surface area contributed by atoms with Gasteiger partial charge in [0.2, 0.25) is 0 Å². The van der Waals surface area contributed by atoms with E-state index >= 15 is 0 Å². The summed E-state index contributed by atoms with van der Waals surface area (Å²) in [5.74, 6) is 3.44. The number of allylic oxidation sites excluding steroid dienone is 2. The van der Waals surface area contributed by atoms with Gasteiger partial charge < -0.3 is 9.47 Å². The van der Waals surface area contributed by atoms with Gasteiger partial charge in [-0.3, -0.25) is 0 Å². The Bertz CT molecular complexity index is 2690. The van der Waals surface area contributed by atoms with E-state index in [4.69, 9.17) is 6.42 Å². The molecule has 2 heteroatoms. The van der Waals surface area contributed by atoms with Gasteiger partial charge in [0.15, 0.2) is 0 Å². The molecule has 8 aromatic rings. The van der Waals surface area contributed by atoms with E-state index in [0.717, 1.165) is 22.7 Å². The van der Waals surface area contributed by atoms with Crippen molar-refractivity contribution in [2.75, 3.05) is 4.90 Å². The molecule has 1 aliphatic rings. The maximum absolute atomic E-state index is 5.63. The van der Waals surface area contributed by atoms with Crippen LogP contribution in [0.1, 0.15) is 37.8 Å². The third-order valence-corrected chi connectivity index (χ3v) is 11.6. The predicted octanol–water partition coefficient (Wildman–Crippen LogP) is 13.8. The summed E-state index contributed by atoms with van der Waals surface area (Å²) in [5, 5.41) is 2.50. The van der Waals surface area contributed by atoms with E-state index in [-0.39, 0.29) is 5.41 Å². The van der Waals surface area contributed by atoms with Crippen molar-refractivity contribution in [1.82, 2.24) is 4.57 Å². The maximum atomic E-state index is 5.63. The zero-order chi connectivity index (χ0) is 36.8. The highest BCUT2D eigenvalue weighted by atomic mass is 15.1. The number of terminal acetylenes is 1. The van der Waals surface area contributed by atoms with E-state index in [1.807, 2.05) is 6.08 Å². The van der Waals surface area contributed by atoms with Crippen molar-refractivity contribution in [2.24, 2.45) is 5.92 Å². The minimum Gasteiger partial charge on any atom is -0.310 e. The van der Waals surface area contributed by atoms with E-state index in [1.54, 1.807) is 0 Å². The molecule has 0 bridgehead atoms. The molecule has 9 rings (SSSR count). The largest absolute Gasteiger partial charge is 0.310 e. The number of nitrogens with zero attached hydrogens (tertiary/aromatic N) is 2. The highest BCUT2D eigenvalue weighted by molar-refractivity contribution is 6.10. The van der Waals surface area contributed by atoms with Gasteiger partial charge in [-0.15, -0.1) is 6.42 Å². The minimum absolute atomic E-state index is 0.0439. The fraction of sp³-hybridized carbons (Fsp3) is 0.115. The zero-order valence-corrected chi connectivity index (χ0v) is 30.9. The van der Waals surface area contributed by atoms with Gasteiger partial charge in [-0.2, -0.15) is 0 Å². The Balaban J connectivity index is 1.08. The predicted molar refractivity (Wildman–Crippen MR) is 229 cm³/mol. The molecule has 0 amide bonds. The van der Waals surface area contributed by atoms with Crippen LogP contribution in [0.4, 0.5) is 17.1 Å². The fourth-order valence-corrected chi connectivity index (χ4v) is 8.89. The van der Waals surface area contributed by atoms with E-state index in [2.05, 4.69) is 212 Å². The molecule has 0 aliphatic heterocycles. The molecular formula is C52H42N2. The molecule has 1 heterocycles. The summed E-state index contributed by atoms with van der Waals surface area (Å²) >= 11 is 0. The number of hydrogen-bond acceptors (Lipinski definition) is 1. The summed E-state index contributed by atoms with van der Waals surface area (Å²) < 4.78 is 2.39. The normalized spacial score (nSPS) is 16.1. The quantitative estimate of drug-likeness (QED) is 0.151. The number of benzene rings is 7. The van der Waals surface area contributed by atoms with Crippen molar-refractivity contribution in [1.29, 1.82) is 0 Å². The topological polar surface area (TPSA) is 8.17 Å². The van der Waals surface area contributed by atoms with Crippen molar-refractivity contribution in [3.05, 3.63) is 193 Å². The second-order valence-corrected chi connectivity index (χ2v) is 15.0. The smallest absolute Gasteiger partial charge is 0.0541 e. The van der Waals surface area contributed by atoms with Gasteiger partial charge in [0.1, 0.15) is 0 Å². The molecule has 0 fully saturated rings. The Morgan fingerprint density at radius 2 is 1.15 bits per heavy atom. The SMILES string of the molecule is C#C/C=C\C1C(C)c2ccc(N(c3ccccc3)c3ccc(-c4ccc5c(c4)c4ccccc4n5-c4ccc(-c5ccccc5)cc4)cc3)cc2C1(C)C. The van der Waals surface area contributed by atoms with Gasteiger partial charge in [0.25, 0.3) is 0 Å². The summed E-state index contributed by atoms with van der Waals surface area (Å²) in [6.07, 6.45) is 9.72. The van der Waals surface area contributed by atoms with Crippen LogP contribution in [0.25, 0.3) is 49.7 Å². The second-order valence-electron chi connectivity index (χ2n) is 15.0. The van der Waals surface area contributed by atoms with Crippen LogP contribution in [0.2, 0.25) is 0 Å². The third-order valence-electron chi connectivity index (χ3n) is 11.6. The van der Waals surface area contributed by atoms with Crippen LogP contribution in [-0.4, -0.2) is 4.57 Å². The summed E-state index contributed by atoms with van der Waals surface area (Å²) in [5.41, 5.74) is 14.5. The van der Waals surface area contributed by atoms with Crippen LogP contribution in [-0.2, 0) is 5.41 Å². The van der Waals surface area contributed by atoms with E-state index in [9.17, 15) is 0 Å². The third kappa shape index (κ3) is 5.61. The van der Waals surface area contributed by atoms with Crippen molar-refractivity contribution in [3.63, 3.8) is 0 Å². The van der Waals surface area contributed by atoms with Crippen LogP contribution in [0.3, 0.4) is 0 Å². The molecule has 2 nitrogen and oxygen atoms in total. The van der Waals surface area contributed by atoms with Gasteiger partial charge in [-0.25, -0.2) is 0 Å². The van der Waals surface area contributed by atoms with Crippen LogP contribution in [0.5, 0.6) is 0 Å². The Hall–Kier alpha value is -6.56. The fourth-order valence-electron chi connectivity index (χ4n) is 8.89. The maximum Gasteiger partial charge on any atom is 0.0541 e. The molecule has 0 radical (unpaired) electrons. The molecule has 2 atom stereocenters. The van der Waals surface area contributed by atoms with Crippen molar-refractivity contribution < 1.29 is 0 Å². The zero-order valence-electron chi connectivity index (χ0n) is 30.9. The Kier molecular flexibility index (Phi) is 8.29. The Labute approximate surface area is 318 Å². The molecule has 0 saturated heterocycles. The number of fused-ring (bicyclic) bond motifs is 4. The average Bonchev–Trinajstić information content (AvgIpc) is 3.65. The van der Waals surface area contributed by atoms with Crippen LogP contribution in [0, 0.1) is 18.3 Å². The molecule has 1 aromatic heterocycles. The molecule has 260 valence electrons. The van der Waals surface area contributed by atoms with Crippen LogP contribution >= 0.6 is 0 Å². The number of anilines is 3. The highest BCUT2D eigenvalue weighted by Gasteiger charge is 2.43. The molecule has 2 unspecified atom stereocenters. The lowest BCUT2D eigenvalue weighted by Gasteiger charge is -2.30. The van der Waals surface area contributed by atoms with Gasteiger partial charge in [0.05, 0.1) is 11.0 Å². The van der Waals surface area contributed by atoms with Crippen molar-refractivity contribution >= 4 is 38.9 Å². The summed E-state index contributed by atoms with van der Waals surface area (Å²) in [6.45, 7) is 7.02.